The molecule has 1 aromatic rings. The van der Waals surface area contributed by atoms with Gasteiger partial charge in [0, 0.05) is 12.1 Å². The summed E-state index contributed by atoms with van der Waals surface area (Å²) in [6.45, 7) is 3.82. The molecule has 0 amide bonds. The summed E-state index contributed by atoms with van der Waals surface area (Å²) in [5.41, 5.74) is 0.0728. The van der Waals surface area contributed by atoms with E-state index < -0.39 is 4.92 Å². The van der Waals surface area contributed by atoms with Crippen molar-refractivity contribution in [3.63, 3.8) is 0 Å². The van der Waals surface area contributed by atoms with Crippen molar-refractivity contribution < 1.29 is 9.66 Å². The Bertz CT molecular complexity index is 329. The average Bonchev–Trinajstić information content (AvgIpc) is 2.02. The Kier molecular flexibility index (Phi) is 3.30. The molecule has 4 nitrogen and oxygen atoms in total. The van der Waals surface area contributed by atoms with E-state index in [0.29, 0.717) is 5.75 Å². The second-order valence-corrected chi connectivity index (χ2v) is 5.81. The van der Waals surface area contributed by atoms with E-state index in [-0.39, 0.29) is 9.30 Å². The van der Waals surface area contributed by atoms with Crippen LogP contribution < -0.4 is 4.74 Å². The van der Waals surface area contributed by atoms with Gasteiger partial charge in [-0.2, -0.15) is 0 Å². The SMILES string of the molecule is CC(C)(I)Oc1ccc([N+](=O)[O-])cc1. The molecule has 76 valence electrons. The molecule has 0 heterocycles. The molecule has 0 aliphatic carbocycles. The van der Waals surface area contributed by atoms with Crippen LogP contribution in [0.15, 0.2) is 24.3 Å². The van der Waals surface area contributed by atoms with Gasteiger partial charge in [-0.05, 0) is 48.6 Å². The van der Waals surface area contributed by atoms with Crippen LogP contribution in [-0.4, -0.2) is 8.53 Å². The number of ether oxygens (including phenoxy) is 1. The van der Waals surface area contributed by atoms with Gasteiger partial charge >= 0.3 is 0 Å². The molecule has 1 aromatic carbocycles. The Balaban J connectivity index is 2.79. The maximum atomic E-state index is 10.4. The normalized spacial score (nSPS) is 11.1. The summed E-state index contributed by atoms with van der Waals surface area (Å²) in [6.07, 6.45) is 0. The Morgan fingerprint density at radius 3 is 2.21 bits per heavy atom. The lowest BCUT2D eigenvalue weighted by molar-refractivity contribution is -0.384. The number of hydrogen-bond acceptors (Lipinski definition) is 3. The summed E-state index contributed by atoms with van der Waals surface area (Å²) in [5, 5.41) is 10.4. The first-order valence-electron chi connectivity index (χ1n) is 4.01. The lowest BCUT2D eigenvalue weighted by atomic mass is 10.3. The van der Waals surface area contributed by atoms with Crippen LogP contribution in [0, 0.1) is 10.1 Å². The molecule has 14 heavy (non-hydrogen) atoms. The van der Waals surface area contributed by atoms with Crippen LogP contribution in [0.25, 0.3) is 0 Å². The third kappa shape index (κ3) is 3.49. The standard InChI is InChI=1S/C9H10INO3/c1-9(2,10)14-8-5-3-7(4-6-8)11(12)13/h3-6H,1-2H3. The molecule has 0 radical (unpaired) electrons. The van der Waals surface area contributed by atoms with Crippen molar-refractivity contribution in [2.24, 2.45) is 0 Å². The number of nitro groups is 1. The highest BCUT2D eigenvalue weighted by Crippen LogP contribution is 2.25. The predicted molar refractivity (Wildman–Crippen MR) is 61.8 cm³/mol. The van der Waals surface area contributed by atoms with Crippen molar-refractivity contribution in [2.75, 3.05) is 0 Å². The highest BCUT2D eigenvalue weighted by Gasteiger charge is 2.14. The Morgan fingerprint density at radius 2 is 1.86 bits per heavy atom. The molecular weight excluding hydrogens is 297 g/mol. The fraction of sp³-hybridized carbons (Fsp3) is 0.333. The summed E-state index contributed by atoms with van der Waals surface area (Å²) >= 11 is 2.15. The van der Waals surface area contributed by atoms with Gasteiger partial charge in [0.05, 0.1) is 4.92 Å². The monoisotopic (exact) mass is 307 g/mol. The molecule has 0 saturated carbocycles. The number of nitrogens with zero attached hydrogens (tertiary/aromatic N) is 1. The molecule has 0 spiro atoms. The van der Waals surface area contributed by atoms with Crippen LogP contribution in [0.3, 0.4) is 0 Å². The van der Waals surface area contributed by atoms with E-state index >= 15 is 0 Å². The van der Waals surface area contributed by atoms with E-state index in [4.69, 9.17) is 4.74 Å². The topological polar surface area (TPSA) is 52.4 Å². The van der Waals surface area contributed by atoms with E-state index in [2.05, 4.69) is 22.6 Å². The first-order chi connectivity index (χ1) is 6.38. The molecule has 0 atom stereocenters. The van der Waals surface area contributed by atoms with Crippen LogP contribution in [-0.2, 0) is 0 Å². The van der Waals surface area contributed by atoms with Crippen molar-refractivity contribution in [1.29, 1.82) is 0 Å². The van der Waals surface area contributed by atoms with Gasteiger partial charge in [-0.1, -0.05) is 0 Å². The number of alkyl halides is 1. The van der Waals surface area contributed by atoms with Crippen molar-refractivity contribution in [3.8, 4) is 5.75 Å². The highest BCUT2D eigenvalue weighted by molar-refractivity contribution is 14.1. The van der Waals surface area contributed by atoms with Gasteiger partial charge in [0.1, 0.15) is 5.75 Å². The smallest absolute Gasteiger partial charge is 0.269 e. The first kappa shape index (κ1) is 11.2. The molecule has 5 heteroatoms. The summed E-state index contributed by atoms with van der Waals surface area (Å²) < 4.78 is 5.19. The summed E-state index contributed by atoms with van der Waals surface area (Å²) in [6, 6.07) is 6.05. The largest absolute Gasteiger partial charge is 0.478 e. The maximum absolute atomic E-state index is 10.4. The Morgan fingerprint density at radius 1 is 1.36 bits per heavy atom. The fourth-order valence-corrected chi connectivity index (χ4v) is 1.17. The molecular formula is C9H10INO3. The van der Waals surface area contributed by atoms with Crippen LogP contribution in [0.5, 0.6) is 5.75 Å². The zero-order chi connectivity index (χ0) is 10.8. The molecule has 0 aromatic heterocycles. The minimum absolute atomic E-state index is 0.0728. The van der Waals surface area contributed by atoms with E-state index in [1.807, 2.05) is 13.8 Å². The van der Waals surface area contributed by atoms with Gasteiger partial charge < -0.3 is 4.74 Å². The van der Waals surface area contributed by atoms with Gasteiger partial charge in [0.25, 0.3) is 5.69 Å². The third-order valence-corrected chi connectivity index (χ3v) is 1.63. The van der Waals surface area contributed by atoms with Crippen LogP contribution >= 0.6 is 22.6 Å². The quantitative estimate of drug-likeness (QED) is 0.373. The first-order valence-corrected chi connectivity index (χ1v) is 5.09. The van der Waals surface area contributed by atoms with E-state index in [9.17, 15) is 10.1 Å². The third-order valence-electron chi connectivity index (χ3n) is 1.41. The zero-order valence-corrected chi connectivity index (χ0v) is 10.0. The number of hydrogen-bond donors (Lipinski definition) is 0. The number of benzene rings is 1. The molecule has 1 rings (SSSR count). The number of rotatable bonds is 3. The molecule has 0 aliphatic rings. The van der Waals surface area contributed by atoms with E-state index in [1.54, 1.807) is 12.1 Å². The van der Waals surface area contributed by atoms with Crippen LogP contribution in [0.2, 0.25) is 0 Å². The van der Waals surface area contributed by atoms with E-state index in [1.165, 1.54) is 12.1 Å². The van der Waals surface area contributed by atoms with Crippen molar-refractivity contribution in [1.82, 2.24) is 0 Å². The lowest BCUT2D eigenvalue weighted by Gasteiger charge is -2.18. The second-order valence-electron chi connectivity index (χ2n) is 3.22. The molecule has 0 saturated heterocycles. The fourth-order valence-electron chi connectivity index (χ4n) is 0.916. The van der Waals surface area contributed by atoms with Gasteiger partial charge in [-0.3, -0.25) is 10.1 Å². The molecule has 0 bridgehead atoms. The van der Waals surface area contributed by atoms with Gasteiger partial charge in [-0.25, -0.2) is 0 Å². The average molecular weight is 307 g/mol. The summed E-state index contributed by atoms with van der Waals surface area (Å²) in [7, 11) is 0. The maximum Gasteiger partial charge on any atom is 0.269 e. The second kappa shape index (κ2) is 4.12. The number of halogens is 1. The molecule has 0 N–H and O–H groups in total. The van der Waals surface area contributed by atoms with Crippen molar-refractivity contribution in [2.45, 2.75) is 17.5 Å². The van der Waals surface area contributed by atoms with Gasteiger partial charge in [0.2, 0.25) is 0 Å². The Labute approximate surface area is 95.6 Å². The summed E-state index contributed by atoms with van der Waals surface area (Å²) in [4.78, 5) is 9.93. The molecule has 0 unspecified atom stereocenters. The number of non-ortho nitro benzene ring substituents is 1. The minimum atomic E-state index is -0.432. The summed E-state index contributed by atoms with van der Waals surface area (Å²) in [5.74, 6) is 0.634. The van der Waals surface area contributed by atoms with Gasteiger partial charge in [-0.15, -0.1) is 0 Å². The zero-order valence-electron chi connectivity index (χ0n) is 7.86. The van der Waals surface area contributed by atoms with E-state index in [0.717, 1.165) is 0 Å². The highest BCUT2D eigenvalue weighted by atomic mass is 127. The van der Waals surface area contributed by atoms with Crippen molar-refractivity contribution >= 4 is 28.3 Å². The van der Waals surface area contributed by atoms with Gasteiger partial charge in [0.15, 0.2) is 3.61 Å². The molecule has 0 aliphatic heterocycles. The minimum Gasteiger partial charge on any atom is -0.478 e. The Hall–Kier alpha value is -0.850. The van der Waals surface area contributed by atoms with Crippen LogP contribution in [0.1, 0.15) is 13.8 Å². The van der Waals surface area contributed by atoms with Crippen molar-refractivity contribution in [3.05, 3.63) is 34.4 Å². The number of nitro benzene ring substituents is 1. The lowest BCUT2D eigenvalue weighted by Crippen LogP contribution is -2.18. The predicted octanol–water partition coefficient (Wildman–Crippen LogP) is 3.14. The molecule has 0 fully saturated rings. The van der Waals surface area contributed by atoms with Crippen LogP contribution in [0.4, 0.5) is 5.69 Å².